The van der Waals surface area contributed by atoms with Gasteiger partial charge in [0, 0.05) is 17.3 Å². The predicted octanol–water partition coefficient (Wildman–Crippen LogP) is 2.87. The first-order chi connectivity index (χ1) is 8.66. The summed E-state index contributed by atoms with van der Waals surface area (Å²) < 4.78 is 0. The number of phenolic OH excluding ortho intramolecular Hbond substituents is 1. The van der Waals surface area contributed by atoms with Crippen molar-refractivity contribution in [3.63, 3.8) is 0 Å². The summed E-state index contributed by atoms with van der Waals surface area (Å²) in [5.74, 6) is -0.132. The predicted molar refractivity (Wildman–Crippen MR) is 72.3 cm³/mol. The lowest BCUT2D eigenvalue weighted by atomic mass is 10.1. The Morgan fingerprint density at radius 2 is 1.83 bits per heavy atom. The fraction of sp³-hybridized carbons (Fsp3) is 0. The van der Waals surface area contributed by atoms with Crippen LogP contribution < -0.4 is 5.73 Å². The molecule has 0 radical (unpaired) electrons. The summed E-state index contributed by atoms with van der Waals surface area (Å²) in [6.45, 7) is 0. The first-order valence-corrected chi connectivity index (χ1v) is 5.53. The minimum atomic E-state index is -0.184. The van der Waals surface area contributed by atoms with Gasteiger partial charge in [0.1, 0.15) is 5.75 Å². The number of ketones is 1. The van der Waals surface area contributed by atoms with Crippen molar-refractivity contribution in [3.05, 3.63) is 65.7 Å². The number of rotatable bonds is 3. The van der Waals surface area contributed by atoms with E-state index < -0.39 is 0 Å². The molecule has 0 aliphatic carbocycles. The van der Waals surface area contributed by atoms with Crippen molar-refractivity contribution in [3.8, 4) is 5.75 Å². The van der Waals surface area contributed by atoms with Gasteiger partial charge in [0.15, 0.2) is 5.78 Å². The number of carbonyl (C=O) groups is 1. The maximum atomic E-state index is 11.9. The highest BCUT2D eigenvalue weighted by atomic mass is 16.3. The number of anilines is 1. The Hall–Kier alpha value is -2.55. The molecular weight excluding hydrogens is 226 g/mol. The van der Waals surface area contributed by atoms with Crippen molar-refractivity contribution in [1.82, 2.24) is 0 Å². The summed E-state index contributed by atoms with van der Waals surface area (Å²) in [5.41, 5.74) is 7.29. The Kier molecular flexibility index (Phi) is 3.44. The van der Waals surface area contributed by atoms with Crippen LogP contribution in [0.25, 0.3) is 6.08 Å². The number of nitrogen functional groups attached to an aromatic ring is 1. The molecule has 2 aromatic rings. The van der Waals surface area contributed by atoms with Crippen molar-refractivity contribution >= 4 is 17.5 Å². The molecule has 0 saturated carbocycles. The third kappa shape index (κ3) is 2.77. The Balaban J connectivity index is 2.20. The van der Waals surface area contributed by atoms with Crippen LogP contribution in [0.4, 0.5) is 5.69 Å². The van der Waals surface area contributed by atoms with Crippen LogP contribution in [-0.2, 0) is 0 Å². The average molecular weight is 239 g/mol. The standard InChI is InChI=1S/C15H13NO2/c16-14-10-12(17)7-8-13(14)15(18)9-6-11-4-2-1-3-5-11/h1-10,17H,16H2. The van der Waals surface area contributed by atoms with Crippen LogP contribution in [0, 0.1) is 0 Å². The molecule has 0 unspecified atom stereocenters. The van der Waals surface area contributed by atoms with E-state index in [-0.39, 0.29) is 17.2 Å². The number of hydrogen-bond donors (Lipinski definition) is 2. The van der Waals surface area contributed by atoms with E-state index in [0.717, 1.165) is 5.56 Å². The molecule has 0 fully saturated rings. The largest absolute Gasteiger partial charge is 0.508 e. The molecule has 18 heavy (non-hydrogen) atoms. The molecule has 0 atom stereocenters. The number of nitrogens with two attached hydrogens (primary N) is 1. The molecule has 3 nitrogen and oxygen atoms in total. The Labute approximate surface area is 105 Å². The van der Waals surface area contributed by atoms with Crippen LogP contribution in [0.1, 0.15) is 15.9 Å². The first kappa shape index (κ1) is 11.9. The molecule has 0 spiro atoms. The summed E-state index contributed by atoms with van der Waals surface area (Å²) in [4.78, 5) is 11.9. The molecule has 0 aliphatic rings. The van der Waals surface area contributed by atoms with Crippen molar-refractivity contribution in [1.29, 1.82) is 0 Å². The second-order valence-corrected chi connectivity index (χ2v) is 3.88. The monoisotopic (exact) mass is 239 g/mol. The lowest BCUT2D eigenvalue weighted by Crippen LogP contribution is -2.00. The van der Waals surface area contributed by atoms with Gasteiger partial charge in [-0.15, -0.1) is 0 Å². The van der Waals surface area contributed by atoms with Crippen LogP contribution in [0.2, 0.25) is 0 Å². The number of aromatic hydroxyl groups is 1. The molecule has 0 aliphatic heterocycles. The SMILES string of the molecule is Nc1cc(O)ccc1C(=O)C=Cc1ccccc1. The van der Waals surface area contributed by atoms with Crippen molar-refractivity contribution < 1.29 is 9.90 Å². The van der Waals surface area contributed by atoms with Gasteiger partial charge in [-0.1, -0.05) is 36.4 Å². The maximum Gasteiger partial charge on any atom is 0.187 e. The fourth-order valence-corrected chi connectivity index (χ4v) is 1.60. The normalized spacial score (nSPS) is 10.7. The van der Waals surface area contributed by atoms with E-state index in [2.05, 4.69) is 0 Å². The molecule has 0 heterocycles. The summed E-state index contributed by atoms with van der Waals surface area (Å²) in [5, 5.41) is 9.22. The van der Waals surface area contributed by atoms with Crippen LogP contribution in [-0.4, -0.2) is 10.9 Å². The summed E-state index contributed by atoms with van der Waals surface area (Å²) >= 11 is 0. The second-order valence-electron chi connectivity index (χ2n) is 3.88. The van der Waals surface area contributed by atoms with Gasteiger partial charge in [0.25, 0.3) is 0 Å². The van der Waals surface area contributed by atoms with Gasteiger partial charge in [-0.25, -0.2) is 0 Å². The van der Waals surface area contributed by atoms with Gasteiger partial charge in [-0.05, 0) is 23.8 Å². The zero-order valence-corrected chi connectivity index (χ0v) is 9.71. The molecule has 0 saturated heterocycles. The minimum Gasteiger partial charge on any atom is -0.508 e. The topological polar surface area (TPSA) is 63.3 Å². The highest BCUT2D eigenvalue weighted by Gasteiger charge is 2.06. The second kappa shape index (κ2) is 5.19. The van der Waals surface area contributed by atoms with Gasteiger partial charge in [-0.3, -0.25) is 4.79 Å². The molecule has 3 heteroatoms. The quantitative estimate of drug-likeness (QED) is 0.492. The Morgan fingerprint density at radius 3 is 2.50 bits per heavy atom. The lowest BCUT2D eigenvalue weighted by molar-refractivity contribution is 0.104. The van der Waals surface area contributed by atoms with Crippen LogP contribution in [0.3, 0.4) is 0 Å². The molecule has 3 N–H and O–H groups in total. The number of allylic oxidation sites excluding steroid dienone is 1. The smallest absolute Gasteiger partial charge is 0.187 e. The zero-order chi connectivity index (χ0) is 13.0. The first-order valence-electron chi connectivity index (χ1n) is 5.53. The summed E-state index contributed by atoms with van der Waals surface area (Å²) in [6.07, 6.45) is 3.20. The van der Waals surface area contributed by atoms with Crippen molar-refractivity contribution in [2.24, 2.45) is 0 Å². The van der Waals surface area contributed by atoms with Crippen LogP contribution in [0.15, 0.2) is 54.6 Å². The van der Waals surface area contributed by atoms with E-state index in [4.69, 9.17) is 5.73 Å². The number of phenols is 1. The maximum absolute atomic E-state index is 11.9. The van der Waals surface area contributed by atoms with Crippen molar-refractivity contribution in [2.75, 3.05) is 5.73 Å². The van der Waals surface area contributed by atoms with E-state index in [1.54, 1.807) is 6.08 Å². The zero-order valence-electron chi connectivity index (χ0n) is 9.71. The fourth-order valence-electron chi connectivity index (χ4n) is 1.60. The molecule has 90 valence electrons. The Bertz CT molecular complexity index is 589. The van der Waals surface area contributed by atoms with Crippen LogP contribution >= 0.6 is 0 Å². The van der Waals surface area contributed by atoms with E-state index in [9.17, 15) is 9.90 Å². The molecule has 2 aromatic carbocycles. The van der Waals surface area contributed by atoms with Gasteiger partial charge in [-0.2, -0.15) is 0 Å². The summed E-state index contributed by atoms with van der Waals surface area (Å²) in [7, 11) is 0. The van der Waals surface area contributed by atoms with Gasteiger partial charge >= 0.3 is 0 Å². The molecule has 0 aromatic heterocycles. The van der Waals surface area contributed by atoms with Gasteiger partial charge < -0.3 is 10.8 Å². The number of benzene rings is 2. The van der Waals surface area contributed by atoms with Gasteiger partial charge in [0.05, 0.1) is 0 Å². The molecule has 0 bridgehead atoms. The third-order valence-electron chi connectivity index (χ3n) is 2.53. The minimum absolute atomic E-state index is 0.0519. The lowest BCUT2D eigenvalue weighted by Gasteiger charge is -2.02. The molecule has 2 rings (SSSR count). The van der Waals surface area contributed by atoms with Crippen molar-refractivity contribution in [2.45, 2.75) is 0 Å². The van der Waals surface area contributed by atoms with Gasteiger partial charge in [0.2, 0.25) is 0 Å². The van der Waals surface area contributed by atoms with E-state index in [1.807, 2.05) is 30.3 Å². The van der Waals surface area contributed by atoms with Crippen LogP contribution in [0.5, 0.6) is 5.75 Å². The Morgan fingerprint density at radius 1 is 1.11 bits per heavy atom. The highest BCUT2D eigenvalue weighted by molar-refractivity contribution is 6.10. The number of carbonyl (C=O) groups excluding carboxylic acids is 1. The van der Waals surface area contributed by atoms with E-state index >= 15 is 0 Å². The average Bonchev–Trinajstić information content (AvgIpc) is 2.37. The molecular formula is C15H13NO2. The third-order valence-corrected chi connectivity index (χ3v) is 2.53. The van der Waals surface area contributed by atoms with E-state index in [0.29, 0.717) is 5.56 Å². The van der Waals surface area contributed by atoms with E-state index in [1.165, 1.54) is 24.3 Å². The summed E-state index contributed by atoms with van der Waals surface area (Å²) in [6, 6.07) is 13.9. The number of hydrogen-bond acceptors (Lipinski definition) is 3. The molecule has 0 amide bonds. The highest BCUT2D eigenvalue weighted by Crippen LogP contribution is 2.19.